The lowest BCUT2D eigenvalue weighted by molar-refractivity contribution is -0.134. The number of esters is 1. The minimum absolute atomic E-state index is 0.0568. The zero-order chi connectivity index (χ0) is 22.3. The first-order valence-corrected chi connectivity index (χ1v) is 12.2. The van der Waals surface area contributed by atoms with E-state index in [-0.39, 0.29) is 17.3 Å². The number of benzene rings is 1. The molecule has 11 heteroatoms. The summed E-state index contributed by atoms with van der Waals surface area (Å²) in [5, 5.41) is 5.21. The molecule has 2 aromatic heterocycles. The van der Waals surface area contributed by atoms with Crippen LogP contribution >= 0.6 is 11.3 Å². The molecule has 4 rings (SSSR count). The molecule has 31 heavy (non-hydrogen) atoms. The van der Waals surface area contributed by atoms with Crippen LogP contribution in [0.3, 0.4) is 0 Å². The number of sulfone groups is 1. The first-order valence-electron chi connectivity index (χ1n) is 9.53. The minimum Gasteiger partial charge on any atom is -0.451 e. The Morgan fingerprint density at radius 3 is 2.68 bits per heavy atom. The number of amides is 1. The second kappa shape index (κ2) is 8.04. The first-order chi connectivity index (χ1) is 14.6. The van der Waals surface area contributed by atoms with Gasteiger partial charge < -0.3 is 9.64 Å². The van der Waals surface area contributed by atoms with E-state index in [0.717, 1.165) is 16.7 Å². The van der Waals surface area contributed by atoms with Crippen molar-refractivity contribution in [3.8, 4) is 5.69 Å². The number of nitrogens with zero attached hydrogens (tertiary/aromatic N) is 3. The van der Waals surface area contributed by atoms with E-state index in [1.165, 1.54) is 24.1 Å². The molecular weight excluding hydrogens is 445 g/mol. The predicted octanol–water partition coefficient (Wildman–Crippen LogP) is 2.34. The molecule has 8 nitrogen and oxygen atoms in total. The predicted molar refractivity (Wildman–Crippen MR) is 114 cm³/mol. The fourth-order valence-corrected chi connectivity index (χ4v) is 6.34. The van der Waals surface area contributed by atoms with Gasteiger partial charge in [0.2, 0.25) is 0 Å². The Labute approximate surface area is 182 Å². The fraction of sp³-hybridized carbons (Fsp3) is 0.350. The Hall–Kier alpha value is -2.79. The lowest BCUT2D eigenvalue weighted by atomic mass is 10.2. The zero-order valence-electron chi connectivity index (χ0n) is 16.9. The molecule has 0 unspecified atom stereocenters. The molecule has 0 bridgehead atoms. The number of carbonyl (C=O) groups excluding carboxylic acids is 2. The number of halogens is 1. The van der Waals surface area contributed by atoms with Crippen molar-refractivity contribution in [2.24, 2.45) is 0 Å². The summed E-state index contributed by atoms with van der Waals surface area (Å²) in [6.07, 6.45) is 0.383. The second-order valence-corrected chi connectivity index (χ2v) is 10.7. The maximum atomic E-state index is 13.2. The van der Waals surface area contributed by atoms with Crippen molar-refractivity contribution in [2.75, 3.05) is 25.2 Å². The molecular formula is C20H20FN3O5S2. The lowest BCUT2D eigenvalue weighted by Crippen LogP contribution is -2.40. The monoisotopic (exact) mass is 465 g/mol. The van der Waals surface area contributed by atoms with Gasteiger partial charge in [0.1, 0.15) is 15.5 Å². The van der Waals surface area contributed by atoms with Gasteiger partial charge in [-0.15, -0.1) is 11.3 Å². The van der Waals surface area contributed by atoms with Crippen LogP contribution in [0.25, 0.3) is 15.9 Å². The van der Waals surface area contributed by atoms with Gasteiger partial charge in [-0.3, -0.25) is 4.79 Å². The van der Waals surface area contributed by atoms with Crippen LogP contribution in [0.2, 0.25) is 0 Å². The van der Waals surface area contributed by atoms with Gasteiger partial charge in [0.15, 0.2) is 16.4 Å². The van der Waals surface area contributed by atoms with Crippen molar-refractivity contribution in [3.63, 3.8) is 0 Å². The minimum atomic E-state index is -3.12. The Morgan fingerprint density at radius 1 is 1.32 bits per heavy atom. The molecule has 0 spiro atoms. The summed E-state index contributed by atoms with van der Waals surface area (Å²) < 4.78 is 43.2. The summed E-state index contributed by atoms with van der Waals surface area (Å²) in [5.41, 5.74) is 1.36. The molecule has 1 amide bonds. The van der Waals surface area contributed by atoms with E-state index >= 15 is 0 Å². The van der Waals surface area contributed by atoms with Gasteiger partial charge in [-0.05, 0) is 43.7 Å². The summed E-state index contributed by atoms with van der Waals surface area (Å²) >= 11 is 1.16. The van der Waals surface area contributed by atoms with Gasteiger partial charge in [0, 0.05) is 18.5 Å². The normalized spacial score (nSPS) is 17.7. The Kier molecular flexibility index (Phi) is 5.56. The third-order valence-corrected chi connectivity index (χ3v) is 8.13. The summed E-state index contributed by atoms with van der Waals surface area (Å²) in [7, 11) is -1.60. The summed E-state index contributed by atoms with van der Waals surface area (Å²) in [6, 6.07) is 7.11. The van der Waals surface area contributed by atoms with Crippen molar-refractivity contribution in [2.45, 2.75) is 19.4 Å². The zero-order valence-corrected chi connectivity index (χ0v) is 18.5. The van der Waals surface area contributed by atoms with Crippen molar-refractivity contribution in [1.29, 1.82) is 0 Å². The number of thiophene rings is 1. The van der Waals surface area contributed by atoms with Gasteiger partial charge in [-0.2, -0.15) is 5.10 Å². The Morgan fingerprint density at radius 2 is 2.03 bits per heavy atom. The first kappa shape index (κ1) is 21.4. The van der Waals surface area contributed by atoms with Crippen molar-refractivity contribution < 1.29 is 27.1 Å². The molecule has 1 atom stereocenters. The molecule has 3 aromatic rings. The molecule has 1 aliphatic rings. The molecule has 164 valence electrons. The van der Waals surface area contributed by atoms with Crippen molar-refractivity contribution >= 4 is 43.3 Å². The van der Waals surface area contributed by atoms with Crippen LogP contribution in [0, 0.1) is 12.7 Å². The van der Waals surface area contributed by atoms with Crippen LogP contribution in [-0.4, -0.2) is 66.2 Å². The average molecular weight is 466 g/mol. The van der Waals surface area contributed by atoms with Crippen LogP contribution < -0.4 is 0 Å². The van der Waals surface area contributed by atoms with E-state index in [9.17, 15) is 22.4 Å². The quantitative estimate of drug-likeness (QED) is 0.537. The molecule has 0 radical (unpaired) electrons. The van der Waals surface area contributed by atoms with Gasteiger partial charge in [0.05, 0.1) is 22.9 Å². The number of rotatable bonds is 5. The fourth-order valence-electron chi connectivity index (χ4n) is 3.49. The standard InChI is InChI=1S/C20H20FN3O5S2/c1-12-16-9-17(30-19(16)24(22-12)14-5-3-13(21)4-6-14)20(26)29-10-18(25)23(2)15-7-8-31(27,28)11-15/h3-6,9,15H,7-8,10-11H2,1-2H3/t15-/m0/s1. The van der Waals surface area contributed by atoms with E-state index < -0.39 is 34.4 Å². The largest absolute Gasteiger partial charge is 0.451 e. The van der Waals surface area contributed by atoms with Crippen LogP contribution in [0.5, 0.6) is 0 Å². The van der Waals surface area contributed by atoms with Crippen LogP contribution in [0.4, 0.5) is 4.39 Å². The number of aryl methyl sites for hydroxylation is 1. The summed E-state index contributed by atoms with van der Waals surface area (Å²) in [5.74, 6) is -1.47. The van der Waals surface area contributed by atoms with Gasteiger partial charge in [0.25, 0.3) is 5.91 Å². The van der Waals surface area contributed by atoms with E-state index in [1.807, 2.05) is 0 Å². The number of carbonyl (C=O) groups is 2. The SMILES string of the molecule is Cc1nn(-c2ccc(F)cc2)c2sc(C(=O)OCC(=O)N(C)[C@H]3CCS(=O)(=O)C3)cc12. The highest BCUT2D eigenvalue weighted by Crippen LogP contribution is 2.31. The topological polar surface area (TPSA) is 98.6 Å². The van der Waals surface area contributed by atoms with E-state index in [2.05, 4.69) is 5.10 Å². The molecule has 0 saturated carbocycles. The van der Waals surface area contributed by atoms with E-state index in [1.54, 1.807) is 29.8 Å². The maximum absolute atomic E-state index is 13.2. The summed E-state index contributed by atoms with van der Waals surface area (Å²) in [6.45, 7) is 1.33. The van der Waals surface area contributed by atoms with E-state index in [0.29, 0.717) is 27.5 Å². The van der Waals surface area contributed by atoms with Crippen LogP contribution in [0.15, 0.2) is 30.3 Å². The Bertz CT molecular complexity index is 1260. The molecule has 0 N–H and O–H groups in total. The Balaban J connectivity index is 1.46. The van der Waals surface area contributed by atoms with Gasteiger partial charge >= 0.3 is 5.97 Å². The second-order valence-electron chi connectivity index (χ2n) is 7.44. The lowest BCUT2D eigenvalue weighted by Gasteiger charge is -2.23. The van der Waals surface area contributed by atoms with Crippen LogP contribution in [0.1, 0.15) is 21.8 Å². The molecule has 1 saturated heterocycles. The number of aromatic nitrogens is 2. The van der Waals surface area contributed by atoms with Gasteiger partial charge in [-0.25, -0.2) is 22.3 Å². The van der Waals surface area contributed by atoms with Crippen molar-refractivity contribution in [1.82, 2.24) is 14.7 Å². The highest BCUT2D eigenvalue weighted by Gasteiger charge is 2.33. The van der Waals surface area contributed by atoms with E-state index in [4.69, 9.17) is 4.74 Å². The molecule has 0 aliphatic carbocycles. The average Bonchev–Trinajstić information content (AvgIpc) is 3.40. The number of likely N-dealkylation sites (N-methyl/N-ethyl adjacent to an activating group) is 1. The maximum Gasteiger partial charge on any atom is 0.348 e. The smallest absolute Gasteiger partial charge is 0.348 e. The third kappa shape index (κ3) is 4.33. The van der Waals surface area contributed by atoms with Gasteiger partial charge in [-0.1, -0.05) is 0 Å². The number of hydrogen-bond donors (Lipinski definition) is 0. The highest BCUT2D eigenvalue weighted by molar-refractivity contribution is 7.91. The molecule has 3 heterocycles. The number of ether oxygens (including phenoxy) is 1. The van der Waals surface area contributed by atoms with Crippen LogP contribution in [-0.2, 0) is 19.4 Å². The number of hydrogen-bond acceptors (Lipinski definition) is 7. The molecule has 1 fully saturated rings. The molecule has 1 aliphatic heterocycles. The van der Waals surface area contributed by atoms with Crippen molar-refractivity contribution in [3.05, 3.63) is 46.7 Å². The summed E-state index contributed by atoms with van der Waals surface area (Å²) in [4.78, 5) is 27.2. The molecule has 1 aromatic carbocycles. The number of fused-ring (bicyclic) bond motifs is 1. The highest BCUT2D eigenvalue weighted by atomic mass is 32.2. The third-order valence-electron chi connectivity index (χ3n) is 5.29.